The third-order valence-electron chi connectivity index (χ3n) is 3.93. The number of rotatable bonds is 3. The van der Waals surface area contributed by atoms with E-state index in [0.29, 0.717) is 20.9 Å². The first-order chi connectivity index (χ1) is 13.2. The summed E-state index contributed by atoms with van der Waals surface area (Å²) in [5.74, 6) is 0. The van der Waals surface area contributed by atoms with Crippen molar-refractivity contribution in [2.24, 2.45) is 0 Å². The van der Waals surface area contributed by atoms with Crippen molar-refractivity contribution in [3.05, 3.63) is 62.6 Å². The first kappa shape index (κ1) is 18.6. The molecule has 0 spiro atoms. The molecule has 0 fully saturated rings. The zero-order valence-corrected chi connectivity index (χ0v) is 15.7. The summed E-state index contributed by atoms with van der Waals surface area (Å²) >= 11 is 6.87. The van der Waals surface area contributed by atoms with Crippen molar-refractivity contribution in [2.75, 3.05) is 0 Å². The normalized spacial score (nSPS) is 12.0. The Morgan fingerprint density at radius 3 is 2.61 bits per heavy atom. The monoisotopic (exact) mass is 426 g/mol. The number of halogens is 4. The summed E-state index contributed by atoms with van der Waals surface area (Å²) in [5, 5.41) is 3.36. The zero-order valence-electron chi connectivity index (χ0n) is 14.1. The van der Waals surface area contributed by atoms with Gasteiger partial charge >= 0.3 is 6.18 Å². The average molecular weight is 427 g/mol. The lowest BCUT2D eigenvalue weighted by molar-refractivity contribution is -0.144. The minimum Gasteiger partial charge on any atom is -0.269 e. The van der Waals surface area contributed by atoms with Crippen LogP contribution >= 0.6 is 22.9 Å². The molecule has 4 aromatic rings. The van der Waals surface area contributed by atoms with Crippen LogP contribution in [-0.4, -0.2) is 29.1 Å². The van der Waals surface area contributed by atoms with E-state index < -0.39 is 17.4 Å². The van der Waals surface area contributed by atoms with Crippen LogP contribution in [0.2, 0.25) is 5.15 Å². The van der Waals surface area contributed by atoms with Gasteiger partial charge in [0, 0.05) is 35.0 Å². The van der Waals surface area contributed by atoms with Crippen molar-refractivity contribution in [3.63, 3.8) is 0 Å². The van der Waals surface area contributed by atoms with Gasteiger partial charge in [-0.25, -0.2) is 15.0 Å². The number of alkyl halides is 3. The molecule has 4 rings (SSSR count). The largest absolute Gasteiger partial charge is 0.433 e. The number of hydrogen-bond acceptors (Lipinski definition) is 6. The molecular weight excluding hydrogens is 417 g/mol. The Hall–Kier alpha value is -2.79. The first-order valence-corrected chi connectivity index (χ1v) is 9.01. The van der Waals surface area contributed by atoms with Gasteiger partial charge in [0.1, 0.15) is 12.0 Å². The molecule has 28 heavy (non-hydrogen) atoms. The summed E-state index contributed by atoms with van der Waals surface area (Å²) in [6.45, 7) is 1.48. The van der Waals surface area contributed by atoms with Gasteiger partial charge in [0.05, 0.1) is 17.9 Å². The van der Waals surface area contributed by atoms with E-state index in [0.717, 1.165) is 10.9 Å². The lowest BCUT2D eigenvalue weighted by atomic mass is 10.2. The lowest BCUT2D eigenvalue weighted by Gasteiger charge is -2.10. The van der Waals surface area contributed by atoms with E-state index in [-0.39, 0.29) is 17.4 Å². The second-order valence-corrected chi connectivity index (χ2v) is 7.41. The number of fused-ring (bicyclic) bond motifs is 1. The van der Waals surface area contributed by atoms with Gasteiger partial charge in [-0.15, -0.1) is 11.3 Å². The van der Waals surface area contributed by atoms with Crippen LogP contribution in [0.3, 0.4) is 0 Å². The average Bonchev–Trinajstić information content (AvgIpc) is 3.15. The van der Waals surface area contributed by atoms with Crippen molar-refractivity contribution >= 4 is 27.9 Å². The topological polar surface area (TPSA) is 78.0 Å². The molecule has 0 aliphatic heterocycles. The van der Waals surface area contributed by atoms with Crippen LogP contribution in [0.5, 0.6) is 0 Å². The van der Waals surface area contributed by atoms with Crippen molar-refractivity contribution in [1.82, 2.24) is 29.1 Å². The van der Waals surface area contributed by atoms with Gasteiger partial charge in [-0.2, -0.15) is 18.3 Å². The number of nitrogens with zero attached hydrogens (tertiary/aromatic N) is 6. The van der Waals surface area contributed by atoms with E-state index in [1.165, 1.54) is 28.1 Å². The zero-order chi connectivity index (χ0) is 20.1. The molecule has 0 atom stereocenters. The van der Waals surface area contributed by atoms with Crippen molar-refractivity contribution in [1.29, 1.82) is 0 Å². The smallest absolute Gasteiger partial charge is 0.269 e. The van der Waals surface area contributed by atoms with Crippen molar-refractivity contribution in [2.45, 2.75) is 19.6 Å². The standard InChI is InChI=1S/C16H10ClF3N6OS/c1-8-14(9-4-21-7-22-5-9)26-13(27)2-10(23-15(26)28-8)6-25-11(16(18,19)20)3-12(17)24-25/h2-5,7H,6H2,1H3. The third-order valence-corrected chi connectivity index (χ3v) is 5.07. The molecule has 0 aliphatic rings. The molecule has 4 aromatic heterocycles. The molecule has 4 heterocycles. The van der Waals surface area contributed by atoms with Crippen molar-refractivity contribution < 1.29 is 13.2 Å². The van der Waals surface area contributed by atoms with Crippen LogP contribution in [0.25, 0.3) is 16.2 Å². The number of thiazole rings is 1. The van der Waals surface area contributed by atoms with E-state index in [1.54, 1.807) is 12.4 Å². The third kappa shape index (κ3) is 3.27. The summed E-state index contributed by atoms with van der Waals surface area (Å²) in [6.07, 6.45) is -0.106. The highest BCUT2D eigenvalue weighted by Crippen LogP contribution is 2.32. The Balaban J connectivity index is 1.81. The van der Waals surface area contributed by atoms with Crippen LogP contribution in [0, 0.1) is 6.92 Å². The molecule has 0 unspecified atom stereocenters. The maximum Gasteiger partial charge on any atom is 0.433 e. The van der Waals surface area contributed by atoms with Crippen LogP contribution in [0.15, 0.2) is 35.6 Å². The Bertz CT molecular complexity index is 1230. The first-order valence-electron chi connectivity index (χ1n) is 7.82. The Labute approximate surface area is 164 Å². The van der Waals surface area contributed by atoms with Gasteiger partial charge in [-0.05, 0) is 6.92 Å². The van der Waals surface area contributed by atoms with E-state index >= 15 is 0 Å². The Morgan fingerprint density at radius 1 is 1.21 bits per heavy atom. The van der Waals surface area contributed by atoms with E-state index in [9.17, 15) is 18.0 Å². The molecule has 0 aliphatic carbocycles. The number of aryl methyl sites for hydroxylation is 1. The summed E-state index contributed by atoms with van der Waals surface area (Å²) in [4.78, 5) is 26.1. The molecule has 0 saturated carbocycles. The summed E-state index contributed by atoms with van der Waals surface area (Å²) in [7, 11) is 0. The summed E-state index contributed by atoms with van der Waals surface area (Å²) < 4.78 is 41.5. The van der Waals surface area contributed by atoms with Gasteiger partial charge in [0.2, 0.25) is 0 Å². The fourth-order valence-electron chi connectivity index (χ4n) is 2.85. The molecule has 0 saturated heterocycles. The number of hydrogen-bond donors (Lipinski definition) is 0. The van der Waals surface area contributed by atoms with E-state index in [2.05, 4.69) is 20.1 Å². The van der Waals surface area contributed by atoms with Crippen LogP contribution < -0.4 is 5.56 Å². The predicted molar refractivity (Wildman–Crippen MR) is 96.4 cm³/mol. The molecule has 0 N–H and O–H groups in total. The van der Waals surface area contributed by atoms with Crippen LogP contribution in [-0.2, 0) is 12.7 Å². The summed E-state index contributed by atoms with van der Waals surface area (Å²) in [5.41, 5.74) is -0.0461. The molecule has 12 heteroatoms. The molecule has 0 aromatic carbocycles. The summed E-state index contributed by atoms with van der Waals surface area (Å²) in [6, 6.07) is 1.91. The van der Waals surface area contributed by atoms with Crippen LogP contribution in [0.1, 0.15) is 16.3 Å². The Kier molecular flexibility index (Phi) is 4.42. The van der Waals surface area contributed by atoms with Crippen molar-refractivity contribution in [3.8, 4) is 11.3 Å². The molecule has 0 bridgehead atoms. The van der Waals surface area contributed by atoms with E-state index in [1.807, 2.05) is 6.92 Å². The second-order valence-electron chi connectivity index (χ2n) is 5.85. The molecule has 144 valence electrons. The lowest BCUT2D eigenvalue weighted by Crippen LogP contribution is -2.19. The van der Waals surface area contributed by atoms with Gasteiger partial charge in [0.15, 0.2) is 10.1 Å². The van der Waals surface area contributed by atoms with Gasteiger partial charge in [0.25, 0.3) is 5.56 Å². The van der Waals surface area contributed by atoms with Gasteiger partial charge < -0.3 is 0 Å². The Morgan fingerprint density at radius 2 is 1.93 bits per heavy atom. The van der Waals surface area contributed by atoms with Crippen LogP contribution in [0.4, 0.5) is 13.2 Å². The molecule has 7 nitrogen and oxygen atoms in total. The minimum absolute atomic E-state index is 0.146. The minimum atomic E-state index is -4.63. The highest BCUT2D eigenvalue weighted by molar-refractivity contribution is 7.17. The highest BCUT2D eigenvalue weighted by Gasteiger charge is 2.35. The molecule has 0 amide bonds. The fraction of sp³-hybridized carbons (Fsp3) is 0.188. The fourth-order valence-corrected chi connectivity index (χ4v) is 4.06. The maximum absolute atomic E-state index is 13.1. The maximum atomic E-state index is 13.1. The second kappa shape index (κ2) is 6.67. The predicted octanol–water partition coefficient (Wildman–Crippen LogP) is 3.44. The quantitative estimate of drug-likeness (QED) is 0.501. The van der Waals surface area contributed by atoms with Gasteiger partial charge in [-0.1, -0.05) is 11.6 Å². The SMILES string of the molecule is Cc1sc2nc(Cn3nc(Cl)cc3C(F)(F)F)cc(=O)n2c1-c1cncnc1. The highest BCUT2D eigenvalue weighted by atomic mass is 35.5. The molecule has 0 radical (unpaired) electrons. The molecular formula is C16H10ClF3N6OS. The van der Waals surface area contributed by atoms with E-state index in [4.69, 9.17) is 11.6 Å². The number of aromatic nitrogens is 6. The van der Waals surface area contributed by atoms with Gasteiger partial charge in [-0.3, -0.25) is 13.9 Å².